The quantitative estimate of drug-likeness (QED) is 0.504. The fourth-order valence-corrected chi connectivity index (χ4v) is 6.72. The molecule has 2 aromatic rings. The molecule has 2 aromatic carbocycles. The Hall–Kier alpha value is -2.58. The van der Waals surface area contributed by atoms with E-state index in [0.29, 0.717) is 37.8 Å². The van der Waals surface area contributed by atoms with Gasteiger partial charge < -0.3 is 15.0 Å². The Balaban J connectivity index is 1.28. The van der Waals surface area contributed by atoms with E-state index in [1.807, 2.05) is 0 Å². The second-order valence-electron chi connectivity index (χ2n) is 9.52. The molecule has 0 aromatic heterocycles. The second kappa shape index (κ2) is 11.4. The first-order chi connectivity index (χ1) is 16.9. The van der Waals surface area contributed by atoms with Gasteiger partial charge in [0, 0.05) is 44.3 Å². The van der Waals surface area contributed by atoms with Crippen molar-refractivity contribution in [3.63, 3.8) is 0 Å². The van der Waals surface area contributed by atoms with Gasteiger partial charge in [-0.25, -0.2) is 8.42 Å². The molecule has 190 valence electrons. The molecule has 1 amide bonds. The molecule has 4 rings (SSSR count). The standard InChI is InChI=1S/C27H37N3O4S/c1-21-19-22-9-4-5-10-25(22)30(21)18-8-15-28-27(31)14-11-23-20-24(12-13-26(23)34-2)35(32,33)29-16-6-3-7-17-29/h4-5,9-10,12-13,20-21H,3,6-8,11,14-19H2,1-2H3,(H,28,31)/t21-/m0/s1. The van der Waals surface area contributed by atoms with Gasteiger partial charge in [-0.05, 0) is 74.4 Å². The Morgan fingerprint density at radius 2 is 1.89 bits per heavy atom. The van der Waals surface area contributed by atoms with Crippen molar-refractivity contribution >= 4 is 21.6 Å². The van der Waals surface area contributed by atoms with Crippen LogP contribution in [-0.4, -0.2) is 58.0 Å². The van der Waals surface area contributed by atoms with Crippen molar-refractivity contribution in [3.8, 4) is 5.75 Å². The molecule has 1 saturated heterocycles. The van der Waals surface area contributed by atoms with Crippen LogP contribution < -0.4 is 15.0 Å². The number of rotatable bonds is 10. The highest BCUT2D eigenvalue weighted by Gasteiger charge is 2.27. The lowest BCUT2D eigenvalue weighted by molar-refractivity contribution is -0.121. The van der Waals surface area contributed by atoms with Crippen LogP contribution in [0, 0.1) is 0 Å². The van der Waals surface area contributed by atoms with Gasteiger partial charge in [0.15, 0.2) is 0 Å². The van der Waals surface area contributed by atoms with Crippen molar-refractivity contribution in [1.29, 1.82) is 0 Å². The summed E-state index contributed by atoms with van der Waals surface area (Å²) in [6, 6.07) is 14.0. The third-order valence-corrected chi connectivity index (χ3v) is 8.97. The smallest absolute Gasteiger partial charge is 0.243 e. The lowest BCUT2D eigenvalue weighted by Gasteiger charge is -2.26. The predicted molar refractivity (Wildman–Crippen MR) is 139 cm³/mol. The minimum Gasteiger partial charge on any atom is -0.496 e. The number of sulfonamides is 1. The second-order valence-corrected chi connectivity index (χ2v) is 11.5. The highest BCUT2D eigenvalue weighted by molar-refractivity contribution is 7.89. The molecule has 0 aliphatic carbocycles. The molecule has 1 fully saturated rings. The van der Waals surface area contributed by atoms with E-state index in [-0.39, 0.29) is 17.2 Å². The summed E-state index contributed by atoms with van der Waals surface area (Å²) in [6.07, 6.45) is 5.51. The van der Waals surface area contributed by atoms with Crippen molar-refractivity contribution in [2.75, 3.05) is 38.2 Å². The molecule has 0 radical (unpaired) electrons. The third kappa shape index (κ3) is 5.98. The number of hydrogen-bond donors (Lipinski definition) is 1. The summed E-state index contributed by atoms with van der Waals surface area (Å²) in [4.78, 5) is 15.2. The largest absolute Gasteiger partial charge is 0.496 e. The van der Waals surface area contributed by atoms with Gasteiger partial charge in [0.1, 0.15) is 5.75 Å². The van der Waals surface area contributed by atoms with Gasteiger partial charge in [-0.1, -0.05) is 24.6 Å². The normalized spacial score (nSPS) is 18.3. The summed E-state index contributed by atoms with van der Waals surface area (Å²) in [7, 11) is -1.96. The van der Waals surface area contributed by atoms with E-state index in [0.717, 1.165) is 44.2 Å². The van der Waals surface area contributed by atoms with Gasteiger partial charge in [0.2, 0.25) is 15.9 Å². The molecule has 2 aliphatic heterocycles. The molecule has 35 heavy (non-hydrogen) atoms. The third-order valence-electron chi connectivity index (χ3n) is 7.07. The summed E-state index contributed by atoms with van der Waals surface area (Å²) in [5.41, 5.74) is 3.43. The number of methoxy groups -OCH3 is 1. The highest BCUT2D eigenvalue weighted by atomic mass is 32.2. The number of fused-ring (bicyclic) bond motifs is 1. The van der Waals surface area contributed by atoms with Gasteiger partial charge >= 0.3 is 0 Å². The lowest BCUT2D eigenvalue weighted by Crippen LogP contribution is -2.35. The van der Waals surface area contributed by atoms with Gasteiger partial charge in [-0.15, -0.1) is 0 Å². The SMILES string of the molecule is COc1ccc(S(=O)(=O)N2CCCCC2)cc1CCC(=O)NCCCN1c2ccccc2C[C@@H]1C. The molecule has 0 saturated carbocycles. The maximum absolute atomic E-state index is 13.1. The van der Waals surface area contributed by atoms with Crippen LogP contribution in [0.2, 0.25) is 0 Å². The van der Waals surface area contributed by atoms with Gasteiger partial charge in [-0.2, -0.15) is 4.31 Å². The van der Waals surface area contributed by atoms with E-state index in [9.17, 15) is 13.2 Å². The molecular weight excluding hydrogens is 462 g/mol. The Kier molecular flexibility index (Phi) is 8.34. The van der Waals surface area contributed by atoms with E-state index in [1.165, 1.54) is 11.3 Å². The van der Waals surface area contributed by atoms with Crippen LogP contribution in [0.3, 0.4) is 0 Å². The van der Waals surface area contributed by atoms with Crippen molar-refractivity contribution < 1.29 is 17.9 Å². The van der Waals surface area contributed by atoms with E-state index in [4.69, 9.17) is 4.74 Å². The van der Waals surface area contributed by atoms with Crippen LogP contribution in [0.1, 0.15) is 50.2 Å². The first-order valence-corrected chi connectivity index (χ1v) is 14.1. The summed E-state index contributed by atoms with van der Waals surface area (Å²) >= 11 is 0. The first-order valence-electron chi connectivity index (χ1n) is 12.7. The zero-order valence-electron chi connectivity index (χ0n) is 20.8. The van der Waals surface area contributed by atoms with Crippen LogP contribution in [0.15, 0.2) is 47.4 Å². The molecule has 8 heteroatoms. The van der Waals surface area contributed by atoms with Gasteiger partial charge in [0.05, 0.1) is 12.0 Å². The summed E-state index contributed by atoms with van der Waals surface area (Å²) < 4.78 is 33.1. The number of anilines is 1. The Morgan fingerprint density at radius 3 is 2.66 bits per heavy atom. The number of carbonyl (C=O) groups is 1. The van der Waals surface area contributed by atoms with E-state index in [1.54, 1.807) is 29.6 Å². The van der Waals surface area contributed by atoms with Gasteiger partial charge in [0.25, 0.3) is 0 Å². The highest BCUT2D eigenvalue weighted by Crippen LogP contribution is 2.31. The average Bonchev–Trinajstić information content (AvgIpc) is 3.20. The van der Waals surface area contributed by atoms with Gasteiger partial charge in [-0.3, -0.25) is 4.79 Å². The maximum Gasteiger partial charge on any atom is 0.243 e. The number of aryl methyl sites for hydroxylation is 1. The van der Waals surface area contributed by atoms with Crippen LogP contribution in [0.4, 0.5) is 5.69 Å². The van der Waals surface area contributed by atoms with E-state index in [2.05, 4.69) is 41.4 Å². The summed E-state index contributed by atoms with van der Waals surface area (Å²) in [5, 5.41) is 3.02. The number of hydrogen-bond acceptors (Lipinski definition) is 5. The zero-order valence-corrected chi connectivity index (χ0v) is 21.6. The molecular formula is C27H37N3O4S. The fourth-order valence-electron chi connectivity index (χ4n) is 5.15. The number of carbonyl (C=O) groups excluding carboxylic acids is 1. The number of nitrogens with zero attached hydrogens (tertiary/aromatic N) is 2. The summed E-state index contributed by atoms with van der Waals surface area (Å²) in [5.74, 6) is 0.572. The molecule has 2 aliphatic rings. The van der Waals surface area contributed by atoms with Crippen molar-refractivity contribution in [2.24, 2.45) is 0 Å². The van der Waals surface area contributed by atoms with Crippen LogP contribution >= 0.6 is 0 Å². The monoisotopic (exact) mass is 499 g/mol. The van der Waals surface area contributed by atoms with E-state index >= 15 is 0 Å². The molecule has 1 N–H and O–H groups in total. The van der Waals surface area contributed by atoms with Crippen LogP contribution in [-0.2, 0) is 27.7 Å². The average molecular weight is 500 g/mol. The first kappa shape index (κ1) is 25.5. The Morgan fingerprint density at radius 1 is 1.11 bits per heavy atom. The number of amides is 1. The number of piperidine rings is 1. The molecule has 0 unspecified atom stereocenters. The molecule has 1 atom stereocenters. The van der Waals surface area contributed by atoms with Crippen molar-refractivity contribution in [1.82, 2.24) is 9.62 Å². The summed E-state index contributed by atoms with van der Waals surface area (Å²) in [6.45, 7) is 4.89. The number of nitrogens with one attached hydrogen (secondary N) is 1. The Labute approximate surface area is 209 Å². The van der Waals surface area contributed by atoms with E-state index < -0.39 is 10.0 Å². The molecule has 2 heterocycles. The van der Waals surface area contributed by atoms with Crippen molar-refractivity contribution in [3.05, 3.63) is 53.6 Å². The van der Waals surface area contributed by atoms with Crippen molar-refractivity contribution in [2.45, 2.75) is 62.8 Å². The zero-order chi connectivity index (χ0) is 24.8. The lowest BCUT2D eigenvalue weighted by atomic mass is 10.1. The minimum absolute atomic E-state index is 0.0359. The maximum atomic E-state index is 13.1. The Bertz CT molecular complexity index is 1130. The van der Waals surface area contributed by atoms with Crippen LogP contribution in [0.25, 0.3) is 0 Å². The fraction of sp³-hybridized carbons (Fsp3) is 0.519. The number of benzene rings is 2. The predicted octanol–water partition coefficient (Wildman–Crippen LogP) is 3.76. The molecule has 0 spiro atoms. The topological polar surface area (TPSA) is 79.0 Å². The minimum atomic E-state index is -3.53. The molecule has 0 bridgehead atoms. The number of ether oxygens (including phenoxy) is 1. The molecule has 7 nitrogen and oxygen atoms in total. The van der Waals surface area contributed by atoms with Crippen LogP contribution in [0.5, 0.6) is 5.75 Å². The number of para-hydroxylation sites is 1.